The number of fused-ring (bicyclic) bond motifs is 1. The molecule has 4 rings (SSSR count). The zero-order valence-electron chi connectivity index (χ0n) is 16.1. The molecule has 1 N–H and O–H groups in total. The smallest absolute Gasteiger partial charge is 0.337 e. The molecule has 0 bridgehead atoms. The topological polar surface area (TPSA) is 84.4 Å². The Kier molecular flexibility index (Phi) is 4.95. The number of amides is 1. The summed E-state index contributed by atoms with van der Waals surface area (Å²) in [6, 6.07) is 16.4. The molecule has 0 spiro atoms. The quantitative estimate of drug-likeness (QED) is 0.688. The Hall–Kier alpha value is -3.74. The van der Waals surface area contributed by atoms with Gasteiger partial charge in [-0.25, -0.2) is 14.8 Å². The molecule has 1 aliphatic rings. The summed E-state index contributed by atoms with van der Waals surface area (Å²) in [6.45, 7) is 2.11. The van der Waals surface area contributed by atoms with E-state index in [1.807, 2.05) is 18.2 Å². The number of rotatable bonds is 4. The molecule has 2 heterocycles. The van der Waals surface area contributed by atoms with E-state index in [-0.39, 0.29) is 17.6 Å². The van der Waals surface area contributed by atoms with Gasteiger partial charge in [-0.2, -0.15) is 0 Å². The van der Waals surface area contributed by atoms with Crippen LogP contribution in [-0.2, 0) is 11.2 Å². The minimum atomic E-state index is -0.427. The minimum absolute atomic E-state index is 0.205. The van der Waals surface area contributed by atoms with E-state index < -0.39 is 5.97 Å². The van der Waals surface area contributed by atoms with Crippen molar-refractivity contribution in [3.63, 3.8) is 0 Å². The standard InChI is InChI=1S/C22H20N4O3/c1-14-13-16-5-3-4-6-19(16)26(14)22-23-12-11-18(25-22)20(27)24-17-9-7-15(8-10-17)21(28)29-2/h3-12,14H,13H2,1-2H3,(H,24,27). The first kappa shape index (κ1) is 18.6. The van der Waals surface area contributed by atoms with Crippen LogP contribution in [0.3, 0.4) is 0 Å². The number of anilines is 3. The summed E-state index contributed by atoms with van der Waals surface area (Å²) in [5, 5.41) is 2.79. The van der Waals surface area contributed by atoms with E-state index in [9.17, 15) is 9.59 Å². The van der Waals surface area contributed by atoms with Crippen molar-refractivity contribution in [3.05, 3.63) is 77.6 Å². The first-order valence-corrected chi connectivity index (χ1v) is 9.26. The van der Waals surface area contributed by atoms with Gasteiger partial charge in [0.2, 0.25) is 5.95 Å². The van der Waals surface area contributed by atoms with Crippen LogP contribution in [-0.4, -0.2) is 35.0 Å². The number of benzene rings is 2. The lowest BCUT2D eigenvalue weighted by Gasteiger charge is -2.22. The van der Waals surface area contributed by atoms with Crippen LogP contribution in [0.4, 0.5) is 17.3 Å². The minimum Gasteiger partial charge on any atom is -0.465 e. The van der Waals surface area contributed by atoms with Gasteiger partial charge in [-0.15, -0.1) is 0 Å². The average molecular weight is 388 g/mol. The van der Waals surface area contributed by atoms with E-state index in [2.05, 4.69) is 37.9 Å². The van der Waals surface area contributed by atoms with Crippen LogP contribution in [0.1, 0.15) is 33.3 Å². The fraction of sp³-hybridized carbons (Fsp3) is 0.182. The number of hydrogen-bond donors (Lipinski definition) is 1. The number of methoxy groups -OCH3 is 1. The maximum atomic E-state index is 12.7. The van der Waals surface area contributed by atoms with Gasteiger partial charge in [-0.3, -0.25) is 4.79 Å². The van der Waals surface area contributed by atoms with Crippen molar-refractivity contribution in [3.8, 4) is 0 Å². The normalized spacial score (nSPS) is 15.0. The van der Waals surface area contributed by atoms with Gasteiger partial charge < -0.3 is 15.0 Å². The summed E-state index contributed by atoms with van der Waals surface area (Å²) in [6.07, 6.45) is 2.49. The lowest BCUT2D eigenvalue weighted by Crippen LogP contribution is -2.26. The molecule has 0 saturated carbocycles. The van der Waals surface area contributed by atoms with E-state index in [0.29, 0.717) is 17.2 Å². The Morgan fingerprint density at radius 2 is 1.86 bits per heavy atom. The summed E-state index contributed by atoms with van der Waals surface area (Å²) in [5.41, 5.74) is 3.54. The van der Waals surface area contributed by atoms with Crippen LogP contribution in [0.2, 0.25) is 0 Å². The van der Waals surface area contributed by atoms with E-state index in [1.54, 1.807) is 36.5 Å². The van der Waals surface area contributed by atoms with Crippen molar-refractivity contribution in [1.29, 1.82) is 0 Å². The Balaban J connectivity index is 1.54. The second-order valence-corrected chi connectivity index (χ2v) is 6.82. The molecule has 3 aromatic rings. The van der Waals surface area contributed by atoms with Gasteiger partial charge >= 0.3 is 5.97 Å². The molecule has 1 aromatic heterocycles. The first-order chi connectivity index (χ1) is 14.1. The Morgan fingerprint density at radius 3 is 2.62 bits per heavy atom. The van der Waals surface area contributed by atoms with Crippen LogP contribution in [0.15, 0.2) is 60.8 Å². The lowest BCUT2D eigenvalue weighted by atomic mass is 10.1. The fourth-order valence-corrected chi connectivity index (χ4v) is 3.46. The first-order valence-electron chi connectivity index (χ1n) is 9.26. The summed E-state index contributed by atoms with van der Waals surface area (Å²) in [4.78, 5) is 35.1. The highest BCUT2D eigenvalue weighted by molar-refractivity contribution is 6.03. The number of nitrogens with one attached hydrogen (secondary N) is 1. The molecule has 0 fully saturated rings. The predicted molar refractivity (Wildman–Crippen MR) is 110 cm³/mol. The van der Waals surface area contributed by atoms with E-state index in [1.165, 1.54) is 12.7 Å². The van der Waals surface area contributed by atoms with Crippen LogP contribution in [0.25, 0.3) is 0 Å². The summed E-state index contributed by atoms with van der Waals surface area (Å²) >= 11 is 0. The number of ether oxygens (including phenoxy) is 1. The Labute approximate surface area is 168 Å². The lowest BCUT2D eigenvalue weighted by molar-refractivity contribution is 0.0600. The van der Waals surface area contributed by atoms with Gasteiger partial charge in [0, 0.05) is 23.6 Å². The second-order valence-electron chi connectivity index (χ2n) is 6.82. The molecule has 29 heavy (non-hydrogen) atoms. The van der Waals surface area contributed by atoms with Gasteiger partial charge in [-0.1, -0.05) is 18.2 Å². The van der Waals surface area contributed by atoms with Gasteiger partial charge in [0.1, 0.15) is 5.69 Å². The molecule has 1 aliphatic heterocycles. The predicted octanol–water partition coefficient (Wildman–Crippen LogP) is 3.60. The van der Waals surface area contributed by atoms with Crippen molar-refractivity contribution in [1.82, 2.24) is 9.97 Å². The van der Waals surface area contributed by atoms with Crippen LogP contribution >= 0.6 is 0 Å². The molecule has 1 atom stereocenters. The molecule has 7 nitrogen and oxygen atoms in total. The highest BCUT2D eigenvalue weighted by Crippen LogP contribution is 2.36. The molecular weight excluding hydrogens is 368 g/mol. The van der Waals surface area contributed by atoms with Crippen molar-refractivity contribution < 1.29 is 14.3 Å². The van der Waals surface area contributed by atoms with E-state index >= 15 is 0 Å². The molecule has 146 valence electrons. The van der Waals surface area contributed by atoms with Gasteiger partial charge in [0.15, 0.2) is 0 Å². The van der Waals surface area contributed by atoms with E-state index in [0.717, 1.165) is 12.1 Å². The van der Waals surface area contributed by atoms with Gasteiger partial charge in [-0.05, 0) is 55.3 Å². The maximum absolute atomic E-state index is 12.7. The van der Waals surface area contributed by atoms with Crippen LogP contribution in [0.5, 0.6) is 0 Å². The van der Waals surface area contributed by atoms with Crippen molar-refractivity contribution in [2.45, 2.75) is 19.4 Å². The average Bonchev–Trinajstić information content (AvgIpc) is 3.09. The summed E-state index contributed by atoms with van der Waals surface area (Å²) < 4.78 is 4.67. The molecule has 0 saturated heterocycles. The van der Waals surface area contributed by atoms with Gasteiger partial charge in [0.05, 0.1) is 12.7 Å². The highest BCUT2D eigenvalue weighted by atomic mass is 16.5. The third-order valence-corrected chi connectivity index (χ3v) is 4.86. The Bertz CT molecular complexity index is 1070. The molecular formula is C22H20N4O3. The van der Waals surface area contributed by atoms with Crippen LogP contribution < -0.4 is 10.2 Å². The third-order valence-electron chi connectivity index (χ3n) is 4.86. The summed E-state index contributed by atoms with van der Waals surface area (Å²) in [5.74, 6) is -0.279. The number of nitrogens with zero attached hydrogens (tertiary/aromatic N) is 3. The van der Waals surface area contributed by atoms with Crippen molar-refractivity contribution in [2.24, 2.45) is 0 Å². The fourth-order valence-electron chi connectivity index (χ4n) is 3.46. The summed E-state index contributed by atoms with van der Waals surface area (Å²) in [7, 11) is 1.32. The molecule has 1 amide bonds. The van der Waals surface area contributed by atoms with Gasteiger partial charge in [0.25, 0.3) is 5.91 Å². The molecule has 2 aromatic carbocycles. The number of aromatic nitrogens is 2. The largest absolute Gasteiger partial charge is 0.465 e. The maximum Gasteiger partial charge on any atom is 0.337 e. The highest BCUT2D eigenvalue weighted by Gasteiger charge is 2.29. The number of carbonyl (C=O) groups excluding carboxylic acids is 2. The molecule has 7 heteroatoms. The monoisotopic (exact) mass is 388 g/mol. The van der Waals surface area contributed by atoms with Crippen LogP contribution in [0, 0.1) is 0 Å². The number of esters is 1. The van der Waals surface area contributed by atoms with Crippen molar-refractivity contribution >= 4 is 29.2 Å². The van der Waals surface area contributed by atoms with E-state index in [4.69, 9.17) is 0 Å². The zero-order valence-corrected chi connectivity index (χ0v) is 16.1. The number of carbonyl (C=O) groups is 2. The molecule has 0 radical (unpaired) electrons. The second kappa shape index (κ2) is 7.71. The molecule has 0 aliphatic carbocycles. The molecule has 1 unspecified atom stereocenters. The zero-order chi connectivity index (χ0) is 20.4. The van der Waals surface area contributed by atoms with Crippen molar-refractivity contribution in [2.75, 3.05) is 17.3 Å². The number of hydrogen-bond acceptors (Lipinski definition) is 6. The third kappa shape index (κ3) is 3.67. The Morgan fingerprint density at radius 1 is 1.10 bits per heavy atom. The number of para-hydroxylation sites is 1. The SMILES string of the molecule is COC(=O)c1ccc(NC(=O)c2ccnc(N3c4ccccc4CC3C)n2)cc1.